The second-order valence-electron chi connectivity index (χ2n) is 7.10. The molecule has 1 amide bonds. The third-order valence-electron chi connectivity index (χ3n) is 4.69. The number of aliphatic hydroxyl groups excluding tert-OH is 1. The molecule has 2 aliphatic heterocycles. The number of halogens is 1. The first-order valence-electron chi connectivity index (χ1n) is 8.84. The summed E-state index contributed by atoms with van der Waals surface area (Å²) in [7, 11) is 0. The zero-order chi connectivity index (χ0) is 20.2. The Hall–Kier alpha value is -2.05. The van der Waals surface area contributed by atoms with Crippen molar-refractivity contribution in [1.82, 2.24) is 24.8 Å². The number of aliphatic hydroxyl groups is 1. The molecule has 0 aliphatic carbocycles. The highest BCUT2D eigenvalue weighted by Crippen LogP contribution is 2.44. The van der Waals surface area contributed by atoms with Crippen molar-refractivity contribution in [2.75, 3.05) is 12.3 Å². The first kappa shape index (κ1) is 19.3. The van der Waals surface area contributed by atoms with Gasteiger partial charge in [-0.3, -0.25) is 9.36 Å². The Labute approximate surface area is 165 Å². The lowest BCUT2D eigenvalue weighted by Gasteiger charge is -2.26. The van der Waals surface area contributed by atoms with Gasteiger partial charge < -0.3 is 30.4 Å². The zero-order valence-electron chi connectivity index (χ0n) is 15.5. The molecular weight excluding hydrogens is 392 g/mol. The van der Waals surface area contributed by atoms with Crippen molar-refractivity contribution in [3.8, 4) is 0 Å². The van der Waals surface area contributed by atoms with Gasteiger partial charge in [0.2, 0.25) is 5.28 Å². The summed E-state index contributed by atoms with van der Waals surface area (Å²) in [6, 6.07) is 0. The number of ether oxygens (including phenoxy) is 3. The molecule has 28 heavy (non-hydrogen) atoms. The van der Waals surface area contributed by atoms with Crippen molar-refractivity contribution in [2.45, 2.75) is 57.2 Å². The molecule has 4 N–H and O–H groups in total. The number of nitrogen functional groups attached to an aromatic ring is 1. The number of hydrogen-bond donors (Lipinski definition) is 3. The number of carbonyl (C=O) groups excluding carboxylic acids is 1. The fraction of sp³-hybridized carbons (Fsp3) is 0.625. The molecule has 2 aromatic heterocycles. The van der Waals surface area contributed by atoms with Crippen LogP contribution in [0.3, 0.4) is 0 Å². The van der Waals surface area contributed by atoms with Crippen LogP contribution in [0.15, 0.2) is 6.33 Å². The van der Waals surface area contributed by atoms with Crippen LogP contribution in [0.25, 0.3) is 11.2 Å². The van der Waals surface area contributed by atoms with Crippen molar-refractivity contribution < 1.29 is 24.1 Å². The van der Waals surface area contributed by atoms with E-state index in [9.17, 15) is 9.90 Å². The van der Waals surface area contributed by atoms with E-state index in [0.717, 1.165) is 0 Å². The first-order valence-corrected chi connectivity index (χ1v) is 9.22. The second kappa shape index (κ2) is 6.78. The van der Waals surface area contributed by atoms with Crippen molar-refractivity contribution in [3.63, 3.8) is 0 Å². The Balaban J connectivity index is 1.73. The highest BCUT2D eigenvalue weighted by atomic mass is 35.5. The van der Waals surface area contributed by atoms with Crippen LogP contribution in [0.4, 0.5) is 5.82 Å². The third kappa shape index (κ3) is 3.08. The van der Waals surface area contributed by atoms with E-state index < -0.39 is 42.3 Å². The molecule has 2 aliphatic rings. The molecule has 11 nitrogen and oxygen atoms in total. The van der Waals surface area contributed by atoms with Gasteiger partial charge in [-0.1, -0.05) is 0 Å². The van der Waals surface area contributed by atoms with Crippen LogP contribution in [0, 0.1) is 0 Å². The zero-order valence-corrected chi connectivity index (χ0v) is 16.3. The molecule has 4 rings (SSSR count). The molecule has 0 spiro atoms. The Kier molecular flexibility index (Phi) is 4.67. The van der Waals surface area contributed by atoms with Gasteiger partial charge >= 0.3 is 0 Å². The number of fused-ring (bicyclic) bond motifs is 2. The number of rotatable bonds is 4. The molecule has 0 bridgehead atoms. The average molecular weight is 413 g/mol. The smallest absolute Gasteiger partial charge is 0.251 e. The SMILES string of the molecule is CCNC(=O)C(O)[C@H]1O[C@@H](n2cnc3c(N)nc(Cl)nc32)[C@@H]2OC(C)(C)O[C@@H]21. The predicted molar refractivity (Wildman–Crippen MR) is 97.2 cm³/mol. The number of nitrogens with one attached hydrogen (secondary N) is 1. The van der Waals surface area contributed by atoms with E-state index in [4.69, 9.17) is 31.5 Å². The summed E-state index contributed by atoms with van der Waals surface area (Å²) in [6.07, 6.45) is -2.97. The van der Waals surface area contributed by atoms with E-state index in [1.165, 1.54) is 6.33 Å². The number of nitrogens with two attached hydrogens (primary N) is 1. The summed E-state index contributed by atoms with van der Waals surface area (Å²) in [4.78, 5) is 24.5. The Morgan fingerprint density at radius 3 is 2.86 bits per heavy atom. The molecule has 12 heteroatoms. The molecule has 4 heterocycles. The van der Waals surface area contributed by atoms with Crippen LogP contribution in [0.2, 0.25) is 5.28 Å². The number of aromatic nitrogens is 4. The van der Waals surface area contributed by atoms with Crippen LogP contribution >= 0.6 is 11.6 Å². The minimum atomic E-state index is -1.44. The maximum absolute atomic E-state index is 12.2. The second-order valence-corrected chi connectivity index (χ2v) is 7.44. The Bertz CT molecular complexity index is 920. The molecular formula is C16H21ClN6O5. The first-order chi connectivity index (χ1) is 13.2. The van der Waals surface area contributed by atoms with Crippen molar-refractivity contribution in [1.29, 1.82) is 0 Å². The summed E-state index contributed by atoms with van der Waals surface area (Å²) in [6.45, 7) is 5.64. The lowest BCUT2D eigenvalue weighted by Crippen LogP contribution is -2.47. The number of amides is 1. The van der Waals surface area contributed by atoms with Crippen LogP contribution < -0.4 is 11.1 Å². The topological polar surface area (TPSA) is 147 Å². The fourth-order valence-electron chi connectivity index (χ4n) is 3.61. The predicted octanol–water partition coefficient (Wildman–Crippen LogP) is -0.0236. The van der Waals surface area contributed by atoms with Gasteiger partial charge in [0.05, 0.1) is 6.33 Å². The van der Waals surface area contributed by atoms with Gasteiger partial charge in [0.1, 0.15) is 23.8 Å². The van der Waals surface area contributed by atoms with Crippen LogP contribution in [0.5, 0.6) is 0 Å². The molecule has 1 unspecified atom stereocenters. The lowest BCUT2D eigenvalue weighted by atomic mass is 10.0. The summed E-state index contributed by atoms with van der Waals surface area (Å²) in [5, 5.41) is 13.1. The quantitative estimate of drug-likeness (QED) is 0.589. The molecule has 2 saturated heterocycles. The fourth-order valence-corrected chi connectivity index (χ4v) is 3.78. The van der Waals surface area contributed by atoms with E-state index in [-0.39, 0.29) is 11.1 Å². The van der Waals surface area contributed by atoms with Gasteiger partial charge in [0.15, 0.2) is 29.6 Å². The number of hydrogen-bond acceptors (Lipinski definition) is 9. The highest BCUT2D eigenvalue weighted by molar-refractivity contribution is 6.28. The number of anilines is 1. The number of nitrogens with zero attached hydrogens (tertiary/aromatic N) is 4. The van der Waals surface area contributed by atoms with Crippen molar-refractivity contribution in [3.05, 3.63) is 11.6 Å². The van der Waals surface area contributed by atoms with E-state index in [1.54, 1.807) is 25.3 Å². The molecule has 2 aromatic rings. The summed E-state index contributed by atoms with van der Waals surface area (Å²) in [5.41, 5.74) is 6.57. The minimum Gasteiger partial charge on any atom is -0.382 e. The van der Waals surface area contributed by atoms with E-state index in [2.05, 4.69) is 20.3 Å². The van der Waals surface area contributed by atoms with Crippen molar-refractivity contribution in [2.24, 2.45) is 0 Å². The monoisotopic (exact) mass is 412 g/mol. The van der Waals surface area contributed by atoms with E-state index in [1.807, 2.05) is 0 Å². The summed E-state index contributed by atoms with van der Waals surface area (Å²) < 4.78 is 19.5. The van der Waals surface area contributed by atoms with E-state index in [0.29, 0.717) is 17.7 Å². The minimum absolute atomic E-state index is 0.0378. The Morgan fingerprint density at radius 2 is 2.14 bits per heavy atom. The summed E-state index contributed by atoms with van der Waals surface area (Å²) >= 11 is 5.94. The van der Waals surface area contributed by atoms with Crippen LogP contribution in [0.1, 0.15) is 27.0 Å². The number of carbonyl (C=O) groups is 1. The molecule has 152 valence electrons. The maximum atomic E-state index is 12.2. The largest absolute Gasteiger partial charge is 0.382 e. The van der Waals surface area contributed by atoms with Gasteiger partial charge in [0, 0.05) is 6.54 Å². The van der Waals surface area contributed by atoms with Gasteiger partial charge in [0.25, 0.3) is 5.91 Å². The number of imidazole rings is 1. The molecule has 0 aromatic carbocycles. The van der Waals surface area contributed by atoms with Gasteiger partial charge in [-0.25, -0.2) is 4.98 Å². The van der Waals surface area contributed by atoms with Crippen LogP contribution in [-0.2, 0) is 19.0 Å². The van der Waals surface area contributed by atoms with Crippen molar-refractivity contribution >= 4 is 34.5 Å². The normalized spacial score (nSPS) is 29.8. The maximum Gasteiger partial charge on any atom is 0.251 e. The highest BCUT2D eigenvalue weighted by Gasteiger charge is 2.58. The van der Waals surface area contributed by atoms with E-state index >= 15 is 0 Å². The Morgan fingerprint density at radius 1 is 1.43 bits per heavy atom. The molecule has 2 fully saturated rings. The van der Waals surface area contributed by atoms with Gasteiger partial charge in [-0.05, 0) is 32.4 Å². The van der Waals surface area contributed by atoms with Crippen LogP contribution in [-0.4, -0.2) is 67.3 Å². The standard InChI is InChI=1S/C16H21ClN6O5/c1-4-19-13(25)7(24)8-9-10(28-16(2,3)27-9)14(26-8)23-5-20-6-11(18)21-15(17)22-12(6)23/h5,7-10,14,24H,4H2,1-3H3,(H,19,25)(H2,18,21,22)/t7?,8-,9-,10-,14-/m1/s1. The molecule has 0 radical (unpaired) electrons. The van der Waals surface area contributed by atoms with Gasteiger partial charge in [-0.15, -0.1) is 0 Å². The summed E-state index contributed by atoms with van der Waals surface area (Å²) in [5.74, 6) is -1.34. The molecule has 0 saturated carbocycles. The molecule has 5 atom stereocenters. The number of likely N-dealkylation sites (N-methyl/N-ethyl adjacent to an activating group) is 1. The van der Waals surface area contributed by atoms with Gasteiger partial charge in [-0.2, -0.15) is 9.97 Å². The average Bonchev–Trinajstić information content (AvgIpc) is 3.25. The third-order valence-corrected chi connectivity index (χ3v) is 4.86. The lowest BCUT2D eigenvalue weighted by molar-refractivity contribution is -0.207.